The Hall–Kier alpha value is -0.640. The Bertz CT molecular complexity index is 239. The lowest BCUT2D eigenvalue weighted by atomic mass is 10.0. The fourth-order valence-corrected chi connectivity index (χ4v) is 1.41. The third kappa shape index (κ3) is 6.77. The highest BCUT2D eigenvalue weighted by Gasteiger charge is 2.22. The first-order valence-corrected chi connectivity index (χ1v) is 6.42. The van der Waals surface area contributed by atoms with Crippen LogP contribution in [0.5, 0.6) is 0 Å². The lowest BCUT2D eigenvalue weighted by Crippen LogP contribution is -2.52. The first-order chi connectivity index (χ1) is 7.40. The van der Waals surface area contributed by atoms with Crippen molar-refractivity contribution < 1.29 is 4.79 Å². The third-order valence-electron chi connectivity index (χ3n) is 2.58. The highest BCUT2D eigenvalue weighted by Crippen LogP contribution is 2.07. The zero-order chi connectivity index (χ0) is 12.6. The average molecular weight is 244 g/mol. The lowest BCUT2D eigenvalue weighted by molar-refractivity contribution is -0.122. The van der Waals surface area contributed by atoms with Crippen LogP contribution < -0.4 is 11.1 Å². The van der Waals surface area contributed by atoms with Gasteiger partial charge in [-0.2, -0.15) is 0 Å². The van der Waals surface area contributed by atoms with E-state index in [-0.39, 0.29) is 5.91 Å². The van der Waals surface area contributed by atoms with Crippen LogP contribution in [0.1, 0.15) is 59.3 Å². The van der Waals surface area contributed by atoms with Gasteiger partial charge in [0.2, 0.25) is 5.91 Å². The van der Waals surface area contributed by atoms with Gasteiger partial charge in [0.1, 0.15) is 0 Å². The fourth-order valence-electron chi connectivity index (χ4n) is 1.36. The van der Waals surface area contributed by atoms with Crippen LogP contribution in [-0.4, -0.2) is 16.4 Å². The van der Waals surface area contributed by atoms with E-state index in [0.29, 0.717) is 11.4 Å². The van der Waals surface area contributed by atoms with E-state index >= 15 is 0 Å². The number of nitrogens with one attached hydrogen (secondary N) is 1. The summed E-state index contributed by atoms with van der Waals surface area (Å²) in [5.41, 5.74) is 4.96. The highest BCUT2D eigenvalue weighted by atomic mass is 32.1. The summed E-state index contributed by atoms with van der Waals surface area (Å²) in [5.74, 6) is 0.0364. The van der Waals surface area contributed by atoms with Crippen molar-refractivity contribution >= 4 is 23.1 Å². The molecule has 0 aliphatic rings. The highest BCUT2D eigenvalue weighted by molar-refractivity contribution is 7.80. The van der Waals surface area contributed by atoms with Crippen LogP contribution in [0.4, 0.5) is 0 Å². The van der Waals surface area contributed by atoms with Crippen LogP contribution in [0.25, 0.3) is 0 Å². The Morgan fingerprint density at radius 2 is 1.81 bits per heavy atom. The Balaban J connectivity index is 3.71. The van der Waals surface area contributed by atoms with E-state index in [1.54, 1.807) is 0 Å². The molecule has 0 fully saturated rings. The van der Waals surface area contributed by atoms with Crippen molar-refractivity contribution in [3.05, 3.63) is 0 Å². The number of unbranched alkanes of at least 4 members (excludes halogenated alkanes) is 4. The topological polar surface area (TPSA) is 55.1 Å². The maximum absolute atomic E-state index is 11.6. The van der Waals surface area contributed by atoms with Gasteiger partial charge < -0.3 is 11.1 Å². The molecule has 0 radical (unpaired) electrons. The molecular weight excluding hydrogens is 220 g/mol. The summed E-state index contributed by atoms with van der Waals surface area (Å²) in [6.07, 6.45) is 6.31. The van der Waals surface area contributed by atoms with Crippen LogP contribution in [0.3, 0.4) is 0 Å². The number of carbonyl (C=O) groups excluding carboxylic acids is 1. The second-order valence-electron chi connectivity index (χ2n) is 4.70. The molecule has 0 aromatic heterocycles. The van der Waals surface area contributed by atoms with Crippen molar-refractivity contribution in [2.45, 2.75) is 64.8 Å². The number of hydrogen-bond donors (Lipinski definition) is 2. The van der Waals surface area contributed by atoms with Crippen LogP contribution in [0.15, 0.2) is 0 Å². The number of carbonyl (C=O) groups is 1. The Labute approximate surface area is 104 Å². The van der Waals surface area contributed by atoms with Gasteiger partial charge in [-0.1, -0.05) is 44.8 Å². The first-order valence-electron chi connectivity index (χ1n) is 6.01. The number of rotatable bonds is 8. The van der Waals surface area contributed by atoms with Gasteiger partial charge >= 0.3 is 0 Å². The van der Waals surface area contributed by atoms with E-state index in [2.05, 4.69) is 12.2 Å². The summed E-state index contributed by atoms with van der Waals surface area (Å²) in [4.78, 5) is 11.9. The van der Waals surface area contributed by atoms with Gasteiger partial charge in [0.05, 0.1) is 10.5 Å². The summed E-state index contributed by atoms with van der Waals surface area (Å²) in [7, 11) is 0. The van der Waals surface area contributed by atoms with Gasteiger partial charge in [0.25, 0.3) is 0 Å². The number of amides is 1. The Morgan fingerprint density at radius 1 is 1.25 bits per heavy atom. The monoisotopic (exact) mass is 244 g/mol. The van der Waals surface area contributed by atoms with Gasteiger partial charge in [-0.25, -0.2) is 0 Å². The average Bonchev–Trinajstić information content (AvgIpc) is 2.16. The summed E-state index contributed by atoms with van der Waals surface area (Å²) in [6.45, 7) is 5.83. The minimum Gasteiger partial charge on any atom is -0.391 e. The third-order valence-corrected chi connectivity index (χ3v) is 3.09. The minimum absolute atomic E-state index is 0.0364. The summed E-state index contributed by atoms with van der Waals surface area (Å²) < 4.78 is 0. The van der Waals surface area contributed by atoms with Crippen molar-refractivity contribution in [3.63, 3.8) is 0 Å². The van der Waals surface area contributed by atoms with Crippen molar-refractivity contribution in [2.24, 2.45) is 5.73 Å². The lowest BCUT2D eigenvalue weighted by Gasteiger charge is -2.24. The molecule has 0 aliphatic carbocycles. The van der Waals surface area contributed by atoms with E-state index in [4.69, 9.17) is 18.0 Å². The second kappa shape index (κ2) is 7.60. The predicted octanol–water partition coefficient (Wildman–Crippen LogP) is 2.53. The smallest absolute Gasteiger partial charge is 0.220 e. The van der Waals surface area contributed by atoms with Gasteiger partial charge in [-0.15, -0.1) is 0 Å². The fraction of sp³-hybridized carbons (Fsp3) is 0.833. The standard InChI is InChI=1S/C12H24N2OS/c1-4-5-6-7-8-9-10(15)14-12(2,3)11(13)16/h4-9H2,1-3H3,(H2,13,16)(H,14,15). The van der Waals surface area contributed by atoms with Crippen LogP contribution in [0, 0.1) is 0 Å². The van der Waals surface area contributed by atoms with Gasteiger partial charge in [0.15, 0.2) is 0 Å². The molecule has 0 unspecified atom stereocenters. The first kappa shape index (κ1) is 15.4. The summed E-state index contributed by atoms with van der Waals surface area (Å²) in [5, 5.41) is 2.84. The molecule has 0 spiro atoms. The molecule has 4 heteroatoms. The molecule has 3 nitrogen and oxygen atoms in total. The van der Waals surface area contributed by atoms with Crippen LogP contribution >= 0.6 is 12.2 Å². The van der Waals surface area contributed by atoms with Crippen LogP contribution in [-0.2, 0) is 4.79 Å². The van der Waals surface area contributed by atoms with Gasteiger partial charge in [-0.3, -0.25) is 4.79 Å². The molecule has 94 valence electrons. The van der Waals surface area contributed by atoms with Crippen LogP contribution in [0.2, 0.25) is 0 Å². The van der Waals surface area contributed by atoms with Crippen molar-refractivity contribution in [2.75, 3.05) is 0 Å². The molecule has 0 bridgehead atoms. The van der Waals surface area contributed by atoms with E-state index in [9.17, 15) is 4.79 Å². The quantitative estimate of drug-likeness (QED) is 0.509. The summed E-state index contributed by atoms with van der Waals surface area (Å²) in [6, 6.07) is 0. The normalized spacial score (nSPS) is 11.2. The second-order valence-corrected chi connectivity index (χ2v) is 5.14. The minimum atomic E-state index is -0.574. The maximum atomic E-state index is 11.6. The molecule has 1 amide bonds. The Morgan fingerprint density at radius 3 is 2.31 bits per heavy atom. The zero-order valence-electron chi connectivity index (χ0n) is 10.6. The molecule has 16 heavy (non-hydrogen) atoms. The van der Waals surface area contributed by atoms with E-state index in [0.717, 1.165) is 12.8 Å². The molecule has 0 heterocycles. The molecule has 0 atom stereocenters. The summed E-state index contributed by atoms with van der Waals surface area (Å²) >= 11 is 4.88. The van der Waals surface area contributed by atoms with Crippen molar-refractivity contribution in [1.82, 2.24) is 5.32 Å². The van der Waals surface area contributed by atoms with Gasteiger partial charge in [-0.05, 0) is 20.3 Å². The number of thiocarbonyl (C=S) groups is 1. The number of nitrogens with two attached hydrogens (primary N) is 1. The molecular formula is C12H24N2OS. The predicted molar refractivity (Wildman–Crippen MR) is 72.4 cm³/mol. The molecule has 0 aromatic rings. The number of hydrogen-bond acceptors (Lipinski definition) is 2. The Kier molecular flexibility index (Phi) is 7.30. The SMILES string of the molecule is CCCCCCCC(=O)NC(C)(C)C(N)=S. The van der Waals surface area contributed by atoms with E-state index in [1.807, 2.05) is 13.8 Å². The molecule has 3 N–H and O–H groups in total. The maximum Gasteiger partial charge on any atom is 0.220 e. The largest absolute Gasteiger partial charge is 0.391 e. The van der Waals surface area contributed by atoms with E-state index < -0.39 is 5.54 Å². The zero-order valence-corrected chi connectivity index (χ0v) is 11.5. The van der Waals surface area contributed by atoms with Crippen molar-refractivity contribution in [1.29, 1.82) is 0 Å². The van der Waals surface area contributed by atoms with Crippen molar-refractivity contribution in [3.8, 4) is 0 Å². The van der Waals surface area contributed by atoms with E-state index in [1.165, 1.54) is 19.3 Å². The molecule has 0 aromatic carbocycles. The molecule has 0 saturated heterocycles. The molecule has 0 saturated carbocycles. The molecule has 0 rings (SSSR count). The molecule has 0 aliphatic heterocycles. The van der Waals surface area contributed by atoms with Gasteiger partial charge in [0, 0.05) is 6.42 Å².